The molecule has 0 unspecified atom stereocenters. The van der Waals surface area contributed by atoms with Crippen LogP contribution in [0.2, 0.25) is 0 Å². The van der Waals surface area contributed by atoms with Crippen molar-refractivity contribution in [3.8, 4) is 23.6 Å². The first kappa shape index (κ1) is 14.1. The van der Waals surface area contributed by atoms with Crippen LogP contribution in [0.15, 0.2) is 22.2 Å². The second-order valence-electron chi connectivity index (χ2n) is 3.24. The normalized spacial score (nSPS) is 8.94. The summed E-state index contributed by atoms with van der Waals surface area (Å²) < 4.78 is 11.3. The minimum absolute atomic E-state index is 0.0295. The second-order valence-corrected chi connectivity index (χ2v) is 4.09. The molecule has 0 aliphatic rings. The molecular formula is C13H11BrN2O2. The fourth-order valence-electron chi connectivity index (χ4n) is 1.33. The first-order chi connectivity index (χ1) is 8.65. The standard InChI is InChI=1S/C13H11BrN2O2/c1-3-18-13-6-11(14)10(5-12(13)17-2)4-9(7-15)8-16/h4-6H,3H2,1-2H3. The Balaban J connectivity index is 3.29. The molecule has 0 heterocycles. The highest BCUT2D eigenvalue weighted by molar-refractivity contribution is 9.10. The summed E-state index contributed by atoms with van der Waals surface area (Å²) in [6.07, 6.45) is 1.49. The zero-order valence-corrected chi connectivity index (χ0v) is 11.6. The van der Waals surface area contributed by atoms with Crippen molar-refractivity contribution in [1.82, 2.24) is 0 Å². The zero-order valence-electron chi connectivity index (χ0n) is 10.0. The molecule has 1 rings (SSSR count). The van der Waals surface area contributed by atoms with Gasteiger partial charge < -0.3 is 9.47 Å². The summed E-state index contributed by atoms with van der Waals surface area (Å²) in [5, 5.41) is 17.5. The number of methoxy groups -OCH3 is 1. The SMILES string of the molecule is CCOc1cc(Br)c(C=C(C#N)C#N)cc1OC. The van der Waals surface area contributed by atoms with Gasteiger partial charge in [0.1, 0.15) is 17.7 Å². The predicted molar refractivity (Wildman–Crippen MR) is 71.1 cm³/mol. The Morgan fingerprint density at radius 1 is 1.33 bits per heavy atom. The largest absolute Gasteiger partial charge is 0.493 e. The maximum absolute atomic E-state index is 8.73. The van der Waals surface area contributed by atoms with E-state index in [0.717, 1.165) is 4.47 Å². The Morgan fingerprint density at radius 2 is 2.00 bits per heavy atom. The molecular weight excluding hydrogens is 296 g/mol. The molecule has 0 fully saturated rings. The molecule has 0 bridgehead atoms. The number of allylic oxidation sites excluding steroid dienone is 1. The number of nitriles is 2. The van der Waals surface area contributed by atoms with E-state index >= 15 is 0 Å². The van der Waals surface area contributed by atoms with E-state index in [1.165, 1.54) is 13.2 Å². The summed E-state index contributed by atoms with van der Waals surface area (Å²) in [5.41, 5.74) is 0.718. The molecule has 1 aromatic carbocycles. The topological polar surface area (TPSA) is 66.0 Å². The third-order valence-electron chi connectivity index (χ3n) is 2.12. The smallest absolute Gasteiger partial charge is 0.162 e. The summed E-state index contributed by atoms with van der Waals surface area (Å²) in [5.74, 6) is 1.17. The number of nitrogens with zero attached hydrogens (tertiary/aromatic N) is 2. The molecule has 0 amide bonds. The van der Waals surface area contributed by atoms with E-state index in [9.17, 15) is 0 Å². The lowest BCUT2D eigenvalue weighted by Gasteiger charge is -2.11. The van der Waals surface area contributed by atoms with Crippen molar-refractivity contribution in [3.05, 3.63) is 27.7 Å². The minimum Gasteiger partial charge on any atom is -0.493 e. The molecule has 18 heavy (non-hydrogen) atoms. The Morgan fingerprint density at radius 3 is 2.50 bits per heavy atom. The van der Waals surface area contributed by atoms with Crippen LogP contribution in [0.3, 0.4) is 0 Å². The number of hydrogen-bond acceptors (Lipinski definition) is 4. The molecule has 0 N–H and O–H groups in total. The van der Waals surface area contributed by atoms with E-state index in [1.54, 1.807) is 12.1 Å². The van der Waals surface area contributed by atoms with E-state index in [2.05, 4.69) is 15.9 Å². The average Bonchev–Trinajstić information content (AvgIpc) is 2.38. The predicted octanol–water partition coefficient (Wildman–Crippen LogP) is 3.29. The van der Waals surface area contributed by atoms with Crippen molar-refractivity contribution in [2.75, 3.05) is 13.7 Å². The Hall–Kier alpha value is -1.98. The average molecular weight is 307 g/mol. The zero-order chi connectivity index (χ0) is 13.5. The molecule has 5 heteroatoms. The van der Waals surface area contributed by atoms with Crippen LogP contribution in [0.5, 0.6) is 11.5 Å². The third kappa shape index (κ3) is 3.26. The summed E-state index contributed by atoms with van der Waals surface area (Å²) in [4.78, 5) is 0. The van der Waals surface area contributed by atoms with Crippen LogP contribution in [0.1, 0.15) is 12.5 Å². The fourth-order valence-corrected chi connectivity index (χ4v) is 1.77. The fraction of sp³-hybridized carbons (Fsp3) is 0.231. The van der Waals surface area contributed by atoms with Crippen LogP contribution < -0.4 is 9.47 Å². The van der Waals surface area contributed by atoms with E-state index in [4.69, 9.17) is 20.0 Å². The highest BCUT2D eigenvalue weighted by Crippen LogP contribution is 2.34. The second kappa shape index (κ2) is 6.68. The van der Waals surface area contributed by atoms with Crippen LogP contribution in [-0.4, -0.2) is 13.7 Å². The summed E-state index contributed by atoms with van der Waals surface area (Å²) in [7, 11) is 1.54. The van der Waals surface area contributed by atoms with E-state index < -0.39 is 0 Å². The van der Waals surface area contributed by atoms with Gasteiger partial charge in [-0.15, -0.1) is 0 Å². The monoisotopic (exact) mass is 306 g/mol. The Bertz CT molecular complexity index is 537. The van der Waals surface area contributed by atoms with Gasteiger partial charge in [0.25, 0.3) is 0 Å². The van der Waals surface area contributed by atoms with Crippen molar-refractivity contribution in [2.24, 2.45) is 0 Å². The van der Waals surface area contributed by atoms with Gasteiger partial charge in [-0.25, -0.2) is 0 Å². The lowest BCUT2D eigenvalue weighted by atomic mass is 10.1. The summed E-state index contributed by atoms with van der Waals surface area (Å²) >= 11 is 3.37. The van der Waals surface area contributed by atoms with Gasteiger partial charge in [0.2, 0.25) is 0 Å². The Labute approximate surface area is 114 Å². The molecule has 4 nitrogen and oxygen atoms in total. The number of benzene rings is 1. The number of rotatable bonds is 4. The van der Waals surface area contributed by atoms with Crippen LogP contribution in [-0.2, 0) is 0 Å². The maximum Gasteiger partial charge on any atom is 0.162 e. The minimum atomic E-state index is 0.0295. The van der Waals surface area contributed by atoms with Crippen molar-refractivity contribution < 1.29 is 9.47 Å². The van der Waals surface area contributed by atoms with E-state index in [0.29, 0.717) is 23.7 Å². The third-order valence-corrected chi connectivity index (χ3v) is 2.81. The first-order valence-corrected chi connectivity index (χ1v) is 5.97. The number of ether oxygens (including phenoxy) is 2. The van der Waals surface area contributed by atoms with E-state index in [-0.39, 0.29) is 5.57 Å². The molecule has 0 saturated carbocycles. The van der Waals surface area contributed by atoms with Crippen molar-refractivity contribution in [2.45, 2.75) is 6.92 Å². The molecule has 0 saturated heterocycles. The molecule has 0 aliphatic carbocycles. The molecule has 1 aromatic rings. The van der Waals surface area contributed by atoms with Gasteiger partial charge in [-0.3, -0.25) is 0 Å². The van der Waals surface area contributed by atoms with Crippen LogP contribution in [0.4, 0.5) is 0 Å². The lowest BCUT2D eigenvalue weighted by Crippen LogP contribution is -1.96. The van der Waals surface area contributed by atoms with Gasteiger partial charge >= 0.3 is 0 Å². The van der Waals surface area contributed by atoms with Crippen LogP contribution in [0, 0.1) is 22.7 Å². The number of hydrogen-bond donors (Lipinski definition) is 0. The number of halogens is 1. The maximum atomic E-state index is 8.73. The van der Waals surface area contributed by atoms with Gasteiger partial charge in [-0.05, 0) is 30.7 Å². The van der Waals surface area contributed by atoms with Gasteiger partial charge in [0.15, 0.2) is 11.5 Å². The lowest BCUT2D eigenvalue weighted by molar-refractivity contribution is 0.310. The molecule has 0 spiro atoms. The molecule has 92 valence electrons. The van der Waals surface area contributed by atoms with Gasteiger partial charge in [-0.1, -0.05) is 15.9 Å². The summed E-state index contributed by atoms with van der Waals surface area (Å²) in [6, 6.07) is 7.09. The van der Waals surface area contributed by atoms with Gasteiger partial charge in [0.05, 0.1) is 13.7 Å². The summed E-state index contributed by atoms with van der Waals surface area (Å²) in [6.45, 7) is 2.41. The van der Waals surface area contributed by atoms with Gasteiger partial charge in [0, 0.05) is 4.47 Å². The quantitative estimate of drug-likeness (QED) is 0.801. The van der Waals surface area contributed by atoms with Crippen molar-refractivity contribution in [1.29, 1.82) is 10.5 Å². The molecule has 0 aromatic heterocycles. The molecule has 0 radical (unpaired) electrons. The highest BCUT2D eigenvalue weighted by atomic mass is 79.9. The van der Waals surface area contributed by atoms with E-state index in [1.807, 2.05) is 19.1 Å². The Kier molecular flexibility index (Phi) is 5.23. The van der Waals surface area contributed by atoms with Crippen LogP contribution in [0.25, 0.3) is 6.08 Å². The first-order valence-electron chi connectivity index (χ1n) is 5.18. The molecule has 0 atom stereocenters. The van der Waals surface area contributed by atoms with Gasteiger partial charge in [-0.2, -0.15) is 10.5 Å². The molecule has 0 aliphatic heterocycles. The van der Waals surface area contributed by atoms with Crippen LogP contribution >= 0.6 is 15.9 Å². The van der Waals surface area contributed by atoms with Crippen molar-refractivity contribution in [3.63, 3.8) is 0 Å². The van der Waals surface area contributed by atoms with Crippen molar-refractivity contribution >= 4 is 22.0 Å². The highest BCUT2D eigenvalue weighted by Gasteiger charge is 2.09.